The minimum atomic E-state index is -1.46. The molecule has 0 fully saturated rings. The Morgan fingerprint density at radius 1 is 1.19 bits per heavy atom. The van der Waals surface area contributed by atoms with Crippen LogP contribution < -0.4 is 10.6 Å². The number of aliphatic carboxylic acids is 1. The van der Waals surface area contributed by atoms with Gasteiger partial charge in [0.05, 0.1) is 6.10 Å². The maximum atomic E-state index is 12.3. The molecule has 3 atom stereocenters. The molecule has 0 aliphatic carbocycles. The smallest absolute Gasteiger partial charge is 0.408 e. The molecule has 0 unspecified atom stereocenters. The van der Waals surface area contributed by atoms with E-state index < -0.39 is 36.2 Å². The molecule has 0 heterocycles. The highest BCUT2D eigenvalue weighted by atomic mass is 32.2. The van der Waals surface area contributed by atoms with Crippen molar-refractivity contribution in [1.29, 1.82) is 0 Å². The average molecular weight is 384 g/mol. The Bertz CT molecular complexity index is 596. The maximum absolute atomic E-state index is 12.3. The summed E-state index contributed by atoms with van der Waals surface area (Å²) in [5.41, 5.74) is 0.799. The number of carboxylic acids is 1. The Morgan fingerprint density at radius 3 is 2.38 bits per heavy atom. The number of aliphatic hydroxyl groups is 1. The van der Waals surface area contributed by atoms with Crippen LogP contribution in [0.1, 0.15) is 18.9 Å². The molecule has 2 amide bonds. The van der Waals surface area contributed by atoms with E-state index in [1.807, 2.05) is 24.5 Å². The van der Waals surface area contributed by atoms with Crippen molar-refractivity contribution in [3.8, 4) is 0 Å². The van der Waals surface area contributed by atoms with E-state index >= 15 is 0 Å². The van der Waals surface area contributed by atoms with Gasteiger partial charge in [-0.2, -0.15) is 11.8 Å². The van der Waals surface area contributed by atoms with Crippen LogP contribution in [0.4, 0.5) is 4.79 Å². The summed E-state index contributed by atoms with van der Waals surface area (Å²) < 4.78 is 5.09. The number of amides is 2. The summed E-state index contributed by atoms with van der Waals surface area (Å²) in [6.45, 7) is 1.31. The van der Waals surface area contributed by atoms with Gasteiger partial charge >= 0.3 is 12.1 Å². The van der Waals surface area contributed by atoms with Gasteiger partial charge in [0.1, 0.15) is 12.6 Å². The summed E-state index contributed by atoms with van der Waals surface area (Å²) >= 11 is 1.48. The van der Waals surface area contributed by atoms with Crippen LogP contribution in [-0.2, 0) is 20.9 Å². The van der Waals surface area contributed by atoms with Gasteiger partial charge in [0.2, 0.25) is 5.91 Å². The van der Waals surface area contributed by atoms with Crippen molar-refractivity contribution >= 4 is 29.7 Å². The third kappa shape index (κ3) is 7.75. The summed E-state index contributed by atoms with van der Waals surface area (Å²) in [6, 6.07) is 6.64. The Balaban J connectivity index is 2.65. The Labute approximate surface area is 156 Å². The third-order valence-corrected chi connectivity index (χ3v) is 4.12. The van der Waals surface area contributed by atoms with E-state index in [4.69, 9.17) is 9.84 Å². The monoisotopic (exact) mass is 384 g/mol. The molecular weight excluding hydrogens is 360 g/mol. The molecule has 0 aliphatic rings. The van der Waals surface area contributed by atoms with Crippen molar-refractivity contribution in [3.05, 3.63) is 35.9 Å². The van der Waals surface area contributed by atoms with Gasteiger partial charge in [0, 0.05) is 0 Å². The summed E-state index contributed by atoms with van der Waals surface area (Å²) in [5.74, 6) is -1.48. The topological polar surface area (TPSA) is 125 Å². The minimum Gasteiger partial charge on any atom is -0.480 e. The predicted molar refractivity (Wildman–Crippen MR) is 97.8 cm³/mol. The Kier molecular flexibility index (Phi) is 9.53. The fourth-order valence-corrected chi connectivity index (χ4v) is 2.53. The molecule has 1 aromatic carbocycles. The van der Waals surface area contributed by atoms with Crippen LogP contribution >= 0.6 is 11.8 Å². The van der Waals surface area contributed by atoms with Crippen molar-refractivity contribution in [3.63, 3.8) is 0 Å². The van der Waals surface area contributed by atoms with Crippen molar-refractivity contribution in [2.24, 2.45) is 0 Å². The van der Waals surface area contributed by atoms with Crippen LogP contribution in [0.25, 0.3) is 0 Å². The number of nitrogens with one attached hydrogen (secondary N) is 2. The number of hydrogen-bond donors (Lipinski definition) is 4. The van der Waals surface area contributed by atoms with Gasteiger partial charge in [0.25, 0.3) is 0 Å². The summed E-state index contributed by atoms with van der Waals surface area (Å²) in [4.78, 5) is 35.4. The van der Waals surface area contributed by atoms with E-state index in [-0.39, 0.29) is 6.61 Å². The molecule has 0 aromatic heterocycles. The first-order chi connectivity index (χ1) is 12.3. The van der Waals surface area contributed by atoms with Crippen LogP contribution in [0.5, 0.6) is 0 Å². The first-order valence-electron chi connectivity index (χ1n) is 8.02. The zero-order chi connectivity index (χ0) is 19.5. The first kappa shape index (κ1) is 21.8. The lowest BCUT2D eigenvalue weighted by Gasteiger charge is -2.22. The molecule has 9 heteroatoms. The van der Waals surface area contributed by atoms with Crippen molar-refractivity contribution in [1.82, 2.24) is 10.6 Å². The van der Waals surface area contributed by atoms with Gasteiger partial charge in [0.15, 0.2) is 6.04 Å². The fraction of sp³-hybridized carbons (Fsp3) is 0.471. The minimum absolute atomic E-state index is 0.0506. The van der Waals surface area contributed by atoms with Gasteiger partial charge in [-0.05, 0) is 30.9 Å². The molecule has 144 valence electrons. The van der Waals surface area contributed by atoms with E-state index in [0.717, 1.165) is 5.56 Å². The second-order valence-corrected chi connectivity index (χ2v) is 6.59. The number of aliphatic hydroxyl groups excluding tert-OH is 1. The third-order valence-electron chi connectivity index (χ3n) is 3.48. The van der Waals surface area contributed by atoms with Gasteiger partial charge in [-0.15, -0.1) is 0 Å². The molecule has 4 N–H and O–H groups in total. The molecule has 0 saturated carbocycles. The molecule has 8 nitrogen and oxygen atoms in total. The molecule has 0 bridgehead atoms. The Hall–Kier alpha value is -2.26. The summed E-state index contributed by atoms with van der Waals surface area (Å²) in [5, 5.41) is 23.2. The molecule has 0 radical (unpaired) electrons. The van der Waals surface area contributed by atoms with Crippen LogP contribution in [0.15, 0.2) is 30.3 Å². The second kappa shape index (κ2) is 11.4. The lowest BCUT2D eigenvalue weighted by atomic mass is 10.1. The van der Waals surface area contributed by atoms with Crippen LogP contribution in [0.2, 0.25) is 0 Å². The van der Waals surface area contributed by atoms with Crippen molar-refractivity contribution in [2.45, 2.75) is 38.1 Å². The first-order valence-corrected chi connectivity index (χ1v) is 9.42. The quantitative estimate of drug-likeness (QED) is 0.474. The molecule has 0 saturated heterocycles. The average Bonchev–Trinajstić information content (AvgIpc) is 2.61. The van der Waals surface area contributed by atoms with E-state index in [0.29, 0.717) is 12.2 Å². The Morgan fingerprint density at radius 2 is 1.85 bits per heavy atom. The van der Waals surface area contributed by atoms with Crippen molar-refractivity contribution < 1.29 is 29.3 Å². The molecule has 0 spiro atoms. The normalized spacial score (nSPS) is 14.0. The molecule has 0 aliphatic heterocycles. The maximum Gasteiger partial charge on any atom is 0.408 e. The summed E-state index contributed by atoms with van der Waals surface area (Å²) in [7, 11) is 0. The number of ether oxygens (including phenoxy) is 1. The van der Waals surface area contributed by atoms with Crippen molar-refractivity contribution in [2.75, 3.05) is 12.0 Å². The largest absolute Gasteiger partial charge is 0.480 e. The number of carboxylic acid groups (broad SMARTS) is 1. The van der Waals surface area contributed by atoms with Crippen LogP contribution in [0, 0.1) is 0 Å². The summed E-state index contributed by atoms with van der Waals surface area (Å²) in [6.07, 6.45) is 0.0831. The molecule has 26 heavy (non-hydrogen) atoms. The zero-order valence-electron chi connectivity index (χ0n) is 14.7. The van der Waals surface area contributed by atoms with E-state index in [9.17, 15) is 19.5 Å². The number of rotatable bonds is 10. The lowest BCUT2D eigenvalue weighted by Crippen LogP contribution is -2.54. The molecule has 1 aromatic rings. The second-order valence-electron chi connectivity index (χ2n) is 5.61. The van der Waals surface area contributed by atoms with E-state index in [1.165, 1.54) is 18.7 Å². The number of thioether (sulfide) groups is 1. The van der Waals surface area contributed by atoms with Gasteiger partial charge in [-0.25, -0.2) is 9.59 Å². The zero-order valence-corrected chi connectivity index (χ0v) is 15.5. The van der Waals surface area contributed by atoms with Gasteiger partial charge < -0.3 is 25.6 Å². The molecule has 1 rings (SSSR count). The van der Waals surface area contributed by atoms with Crippen LogP contribution in [-0.4, -0.2) is 58.4 Å². The highest BCUT2D eigenvalue weighted by molar-refractivity contribution is 7.98. The number of carbonyl (C=O) groups is 3. The van der Waals surface area contributed by atoms with E-state index in [2.05, 4.69) is 10.6 Å². The van der Waals surface area contributed by atoms with Gasteiger partial charge in [-0.3, -0.25) is 4.79 Å². The predicted octanol–water partition coefficient (Wildman–Crippen LogP) is 0.985. The fourth-order valence-electron chi connectivity index (χ4n) is 2.05. The van der Waals surface area contributed by atoms with Crippen LogP contribution in [0.3, 0.4) is 0 Å². The lowest BCUT2D eigenvalue weighted by molar-refractivity contribution is -0.145. The van der Waals surface area contributed by atoms with Gasteiger partial charge in [-0.1, -0.05) is 30.3 Å². The number of carbonyl (C=O) groups excluding carboxylic acids is 2. The number of hydrogen-bond acceptors (Lipinski definition) is 6. The SMILES string of the molecule is CSCC[C@@H](NC(=O)OCc1ccccc1)C(=O)N[C@@H](C(=O)O)[C@@H](C)O. The standard InChI is InChI=1S/C17H24N2O6S/c1-11(20)14(16(22)23)19-15(21)13(8-9-26-2)18-17(24)25-10-12-6-4-3-5-7-12/h3-7,11,13-14,20H,8-10H2,1-2H3,(H,18,24)(H,19,21)(H,22,23)/t11-,13-,14-/m1/s1. The number of alkyl carbamates (subject to hydrolysis) is 1. The molecular formula is C17H24N2O6S. The highest BCUT2D eigenvalue weighted by Crippen LogP contribution is 2.05. The highest BCUT2D eigenvalue weighted by Gasteiger charge is 2.29. The van der Waals surface area contributed by atoms with E-state index in [1.54, 1.807) is 12.1 Å². The number of benzene rings is 1.